The molecule has 0 aliphatic rings. The SMILES string of the molecule is CCOC(=O)CCCN(CC)c1cc(CO)c(N=Nc2ccc([N+](=O)[O-])cc2[N+](=O)[O-])cc1OC. The third-order valence-electron chi connectivity index (χ3n) is 5.02. The molecule has 2 aromatic rings. The molecule has 2 aromatic carbocycles. The van der Waals surface area contributed by atoms with Gasteiger partial charge in [-0.05, 0) is 32.4 Å². The van der Waals surface area contributed by atoms with Gasteiger partial charge in [0.25, 0.3) is 5.69 Å². The predicted octanol–water partition coefficient (Wildman–Crippen LogP) is 4.59. The maximum absolute atomic E-state index is 11.6. The normalized spacial score (nSPS) is 10.9. The number of anilines is 1. The quantitative estimate of drug-likeness (QED) is 0.183. The Morgan fingerprint density at radius 2 is 1.80 bits per heavy atom. The number of carbonyl (C=O) groups excluding carboxylic acids is 1. The number of carbonyl (C=O) groups is 1. The van der Waals surface area contributed by atoms with Crippen LogP contribution in [0.4, 0.5) is 28.4 Å². The van der Waals surface area contributed by atoms with E-state index in [1.54, 1.807) is 13.0 Å². The van der Waals surface area contributed by atoms with Gasteiger partial charge in [0.15, 0.2) is 5.69 Å². The molecule has 188 valence electrons. The molecule has 13 nitrogen and oxygen atoms in total. The van der Waals surface area contributed by atoms with Crippen molar-refractivity contribution in [2.75, 3.05) is 31.7 Å². The third kappa shape index (κ3) is 7.17. The van der Waals surface area contributed by atoms with Crippen LogP contribution in [-0.4, -0.2) is 47.7 Å². The Kier molecular flexibility index (Phi) is 10.0. The summed E-state index contributed by atoms with van der Waals surface area (Å²) in [5.74, 6) is 0.148. The predicted molar refractivity (Wildman–Crippen MR) is 127 cm³/mol. The number of benzene rings is 2. The first-order chi connectivity index (χ1) is 16.7. The van der Waals surface area contributed by atoms with E-state index in [0.29, 0.717) is 43.1 Å². The maximum Gasteiger partial charge on any atom is 0.305 e. The van der Waals surface area contributed by atoms with Crippen molar-refractivity contribution in [1.29, 1.82) is 0 Å². The van der Waals surface area contributed by atoms with Crippen molar-refractivity contribution >= 4 is 34.4 Å². The highest BCUT2D eigenvalue weighted by Gasteiger charge is 2.20. The number of rotatable bonds is 13. The highest BCUT2D eigenvalue weighted by Crippen LogP contribution is 2.38. The minimum absolute atomic E-state index is 0.179. The summed E-state index contributed by atoms with van der Waals surface area (Å²) in [7, 11) is 1.46. The number of aliphatic hydroxyl groups excluding tert-OH is 1. The van der Waals surface area contributed by atoms with Gasteiger partial charge in [0.1, 0.15) is 5.75 Å². The number of esters is 1. The first-order valence-electron chi connectivity index (χ1n) is 10.8. The topological polar surface area (TPSA) is 170 Å². The second-order valence-corrected chi connectivity index (χ2v) is 7.19. The summed E-state index contributed by atoms with van der Waals surface area (Å²) in [6, 6.07) is 6.24. The second kappa shape index (κ2) is 12.9. The highest BCUT2D eigenvalue weighted by atomic mass is 16.6. The fourth-order valence-corrected chi connectivity index (χ4v) is 3.29. The maximum atomic E-state index is 11.6. The van der Waals surface area contributed by atoms with E-state index in [0.717, 1.165) is 18.2 Å². The van der Waals surface area contributed by atoms with Crippen LogP contribution in [-0.2, 0) is 16.1 Å². The molecule has 0 saturated carbocycles. The summed E-state index contributed by atoms with van der Waals surface area (Å²) in [5, 5.41) is 40.1. The van der Waals surface area contributed by atoms with E-state index >= 15 is 0 Å². The van der Waals surface area contributed by atoms with Gasteiger partial charge < -0.3 is 19.5 Å². The highest BCUT2D eigenvalue weighted by molar-refractivity contribution is 5.70. The number of aliphatic hydroxyl groups is 1. The fraction of sp³-hybridized carbons (Fsp3) is 0.409. The molecule has 0 heterocycles. The van der Waals surface area contributed by atoms with Crippen LogP contribution in [0.5, 0.6) is 5.75 Å². The van der Waals surface area contributed by atoms with Crippen LogP contribution in [0.3, 0.4) is 0 Å². The van der Waals surface area contributed by atoms with E-state index in [-0.39, 0.29) is 23.8 Å². The molecule has 1 N–H and O–H groups in total. The average molecular weight is 489 g/mol. The molecule has 0 atom stereocenters. The lowest BCUT2D eigenvalue weighted by Crippen LogP contribution is -2.25. The number of hydrogen-bond acceptors (Lipinski definition) is 11. The Labute approximate surface area is 201 Å². The van der Waals surface area contributed by atoms with Crippen LogP contribution in [0.2, 0.25) is 0 Å². The summed E-state index contributed by atoms with van der Waals surface area (Å²) in [4.78, 5) is 34.3. The smallest absolute Gasteiger partial charge is 0.305 e. The van der Waals surface area contributed by atoms with Gasteiger partial charge >= 0.3 is 11.7 Å². The zero-order valence-electron chi connectivity index (χ0n) is 19.7. The molecule has 0 bridgehead atoms. The average Bonchev–Trinajstić information content (AvgIpc) is 2.84. The Bertz CT molecular complexity index is 1110. The van der Waals surface area contributed by atoms with Crippen molar-refractivity contribution in [3.8, 4) is 5.75 Å². The van der Waals surface area contributed by atoms with Crippen LogP contribution < -0.4 is 9.64 Å². The first-order valence-corrected chi connectivity index (χ1v) is 10.8. The summed E-state index contributed by atoms with van der Waals surface area (Å²) in [6.45, 7) is 4.74. The van der Waals surface area contributed by atoms with Crippen LogP contribution in [0.15, 0.2) is 40.6 Å². The largest absolute Gasteiger partial charge is 0.495 e. The lowest BCUT2D eigenvalue weighted by Gasteiger charge is -2.26. The van der Waals surface area contributed by atoms with Gasteiger partial charge in [-0.25, -0.2) is 0 Å². The van der Waals surface area contributed by atoms with E-state index in [9.17, 15) is 30.1 Å². The molecular formula is C22H27N5O8. The van der Waals surface area contributed by atoms with Crippen molar-refractivity contribution in [3.63, 3.8) is 0 Å². The summed E-state index contributed by atoms with van der Waals surface area (Å²) >= 11 is 0. The molecule has 0 amide bonds. The molecule has 0 aliphatic carbocycles. The van der Waals surface area contributed by atoms with Crippen molar-refractivity contribution in [1.82, 2.24) is 0 Å². The number of ether oxygens (including phenoxy) is 2. The Morgan fingerprint density at radius 3 is 2.37 bits per heavy atom. The van der Waals surface area contributed by atoms with Gasteiger partial charge in [-0.15, -0.1) is 10.2 Å². The van der Waals surface area contributed by atoms with Crippen molar-refractivity contribution in [2.45, 2.75) is 33.3 Å². The first kappa shape index (κ1) is 27.1. The van der Waals surface area contributed by atoms with Crippen molar-refractivity contribution in [3.05, 3.63) is 56.1 Å². The zero-order valence-corrected chi connectivity index (χ0v) is 19.7. The Hall–Kier alpha value is -4.13. The standard InChI is InChI=1S/C22H27N5O8/c1-4-25(10-6-7-22(29)35-5-2)20-11-15(14-28)18(13-21(20)34-3)24-23-17-9-8-16(26(30)31)12-19(17)27(32)33/h8-9,11-13,28H,4-7,10,14H2,1-3H3. The van der Waals surface area contributed by atoms with Gasteiger partial charge in [-0.1, -0.05) is 0 Å². The number of nitrogens with zero attached hydrogens (tertiary/aromatic N) is 5. The van der Waals surface area contributed by atoms with E-state index in [4.69, 9.17) is 9.47 Å². The summed E-state index contributed by atoms with van der Waals surface area (Å²) in [5.41, 5.74) is 0.0716. The summed E-state index contributed by atoms with van der Waals surface area (Å²) < 4.78 is 10.4. The molecule has 0 radical (unpaired) electrons. The molecular weight excluding hydrogens is 462 g/mol. The van der Waals surface area contributed by atoms with E-state index in [2.05, 4.69) is 10.2 Å². The number of methoxy groups -OCH3 is 1. The lowest BCUT2D eigenvalue weighted by atomic mass is 10.1. The van der Waals surface area contributed by atoms with Gasteiger partial charge in [-0.2, -0.15) is 0 Å². The fourth-order valence-electron chi connectivity index (χ4n) is 3.29. The van der Waals surface area contributed by atoms with Crippen molar-refractivity contribution in [2.24, 2.45) is 10.2 Å². The van der Waals surface area contributed by atoms with Gasteiger partial charge in [-0.3, -0.25) is 25.0 Å². The number of azo groups is 1. The minimum Gasteiger partial charge on any atom is -0.495 e. The minimum atomic E-state index is -0.784. The Morgan fingerprint density at radius 1 is 1.09 bits per heavy atom. The third-order valence-corrected chi connectivity index (χ3v) is 5.02. The molecule has 35 heavy (non-hydrogen) atoms. The molecule has 2 rings (SSSR count). The molecule has 0 spiro atoms. The van der Waals surface area contributed by atoms with Gasteiger partial charge in [0.05, 0.1) is 47.6 Å². The zero-order chi connectivity index (χ0) is 26.0. The molecule has 0 aliphatic heterocycles. The van der Waals surface area contributed by atoms with E-state index < -0.39 is 27.8 Å². The molecule has 0 aromatic heterocycles. The molecule has 0 unspecified atom stereocenters. The molecule has 0 fully saturated rings. The van der Waals surface area contributed by atoms with Crippen LogP contribution in [0.25, 0.3) is 0 Å². The Balaban J connectivity index is 2.37. The number of non-ortho nitro benzene ring substituents is 1. The van der Waals surface area contributed by atoms with Crippen LogP contribution >= 0.6 is 0 Å². The van der Waals surface area contributed by atoms with Crippen LogP contribution in [0, 0.1) is 20.2 Å². The van der Waals surface area contributed by atoms with Gasteiger partial charge in [0.2, 0.25) is 0 Å². The van der Waals surface area contributed by atoms with E-state index in [1.165, 1.54) is 13.2 Å². The molecule has 0 saturated heterocycles. The van der Waals surface area contributed by atoms with E-state index in [1.807, 2.05) is 11.8 Å². The monoisotopic (exact) mass is 489 g/mol. The number of nitro groups is 2. The van der Waals surface area contributed by atoms with Gasteiger partial charge in [0, 0.05) is 37.2 Å². The lowest BCUT2D eigenvalue weighted by molar-refractivity contribution is -0.393. The number of nitro benzene ring substituents is 2. The van der Waals surface area contributed by atoms with Crippen molar-refractivity contribution < 1.29 is 29.2 Å². The molecule has 13 heteroatoms. The van der Waals surface area contributed by atoms with Crippen LogP contribution in [0.1, 0.15) is 32.3 Å². The summed E-state index contributed by atoms with van der Waals surface area (Å²) in [6.07, 6.45) is 0.815. The number of hydrogen-bond donors (Lipinski definition) is 1. The second-order valence-electron chi connectivity index (χ2n) is 7.19.